The van der Waals surface area contributed by atoms with E-state index in [4.69, 9.17) is 4.98 Å². The summed E-state index contributed by atoms with van der Waals surface area (Å²) >= 11 is 3.01. The average Bonchev–Trinajstić information content (AvgIpc) is 3.24. The van der Waals surface area contributed by atoms with Crippen LogP contribution in [0.5, 0.6) is 0 Å². The van der Waals surface area contributed by atoms with Gasteiger partial charge in [0.25, 0.3) is 5.56 Å². The first-order valence-electron chi connectivity index (χ1n) is 11.2. The summed E-state index contributed by atoms with van der Waals surface area (Å²) in [6.07, 6.45) is 3.60. The van der Waals surface area contributed by atoms with Gasteiger partial charge in [-0.3, -0.25) is 9.36 Å². The maximum atomic E-state index is 13.7. The van der Waals surface area contributed by atoms with Crippen LogP contribution in [-0.2, 0) is 12.3 Å². The molecule has 34 heavy (non-hydrogen) atoms. The largest absolute Gasteiger partial charge is 0.282 e. The van der Waals surface area contributed by atoms with Gasteiger partial charge in [-0.1, -0.05) is 86.8 Å². The number of aromatic nitrogens is 3. The lowest BCUT2D eigenvalue weighted by Crippen LogP contribution is -2.23. The standard InChI is InChI=1S/C28H25N3OS2/c1-4-19-7-9-21(10-8-19)17-33-28-30-24-23-6-5-15-29-26(23)34-25(24)27(32)31(28)16-20-11-13-22(14-12-20)18(2)3/h4-15,18H,1,16-17H2,2-3H3. The van der Waals surface area contributed by atoms with Crippen LogP contribution in [0.1, 0.15) is 42.0 Å². The lowest BCUT2D eigenvalue weighted by Gasteiger charge is -2.13. The third-order valence-corrected chi connectivity index (χ3v) is 8.03. The highest BCUT2D eigenvalue weighted by atomic mass is 32.2. The lowest BCUT2D eigenvalue weighted by atomic mass is 10.0. The van der Waals surface area contributed by atoms with Crippen molar-refractivity contribution >= 4 is 49.6 Å². The predicted molar refractivity (Wildman–Crippen MR) is 145 cm³/mol. The summed E-state index contributed by atoms with van der Waals surface area (Å²) in [4.78, 5) is 24.0. The molecule has 0 radical (unpaired) electrons. The Balaban J connectivity index is 1.57. The van der Waals surface area contributed by atoms with Crippen molar-refractivity contribution in [3.05, 3.63) is 106 Å². The molecule has 0 spiro atoms. The number of pyridine rings is 1. The van der Waals surface area contributed by atoms with Crippen LogP contribution in [0.3, 0.4) is 0 Å². The summed E-state index contributed by atoms with van der Waals surface area (Å²) in [6, 6.07) is 20.7. The zero-order chi connectivity index (χ0) is 23.7. The van der Waals surface area contributed by atoms with Crippen LogP contribution in [0.2, 0.25) is 0 Å². The van der Waals surface area contributed by atoms with Crippen LogP contribution in [0.15, 0.2) is 83.4 Å². The van der Waals surface area contributed by atoms with E-state index in [1.165, 1.54) is 22.5 Å². The van der Waals surface area contributed by atoms with Gasteiger partial charge in [0.1, 0.15) is 9.53 Å². The van der Waals surface area contributed by atoms with Gasteiger partial charge in [0.15, 0.2) is 5.16 Å². The first kappa shape index (κ1) is 22.6. The molecule has 0 aliphatic carbocycles. The molecule has 0 aliphatic heterocycles. The molecule has 4 nitrogen and oxygen atoms in total. The summed E-state index contributed by atoms with van der Waals surface area (Å²) in [5, 5.41) is 1.66. The maximum absolute atomic E-state index is 13.7. The fraction of sp³-hybridized carbons (Fsp3) is 0.179. The summed E-state index contributed by atoms with van der Waals surface area (Å²) < 4.78 is 2.47. The van der Waals surface area contributed by atoms with Gasteiger partial charge in [0, 0.05) is 17.3 Å². The van der Waals surface area contributed by atoms with E-state index in [2.05, 4.69) is 73.9 Å². The molecule has 0 amide bonds. The Morgan fingerprint density at radius 3 is 2.50 bits per heavy atom. The van der Waals surface area contributed by atoms with E-state index >= 15 is 0 Å². The van der Waals surface area contributed by atoms with Crippen molar-refractivity contribution in [1.29, 1.82) is 0 Å². The van der Waals surface area contributed by atoms with E-state index in [-0.39, 0.29) is 5.56 Å². The predicted octanol–water partition coefficient (Wildman–Crippen LogP) is 7.11. The summed E-state index contributed by atoms with van der Waals surface area (Å²) in [6.45, 7) is 8.67. The molecule has 2 aromatic carbocycles. The van der Waals surface area contributed by atoms with Gasteiger partial charge in [-0.15, -0.1) is 11.3 Å². The monoisotopic (exact) mass is 483 g/mol. The number of fused-ring (bicyclic) bond motifs is 3. The minimum Gasteiger partial charge on any atom is -0.282 e. The second-order valence-corrected chi connectivity index (χ2v) is 10.5. The summed E-state index contributed by atoms with van der Waals surface area (Å²) in [7, 11) is 0. The zero-order valence-corrected chi connectivity index (χ0v) is 20.8. The van der Waals surface area contributed by atoms with Crippen LogP contribution in [0.25, 0.3) is 26.5 Å². The Hall–Kier alpha value is -3.22. The highest BCUT2D eigenvalue weighted by Crippen LogP contribution is 2.31. The van der Waals surface area contributed by atoms with E-state index in [0.717, 1.165) is 37.8 Å². The Kier molecular flexibility index (Phi) is 6.35. The van der Waals surface area contributed by atoms with Gasteiger partial charge in [-0.25, -0.2) is 9.97 Å². The topological polar surface area (TPSA) is 47.8 Å². The number of hydrogen-bond acceptors (Lipinski definition) is 5. The van der Waals surface area contributed by atoms with Crippen LogP contribution < -0.4 is 5.56 Å². The molecule has 3 aromatic heterocycles. The zero-order valence-electron chi connectivity index (χ0n) is 19.2. The Labute approximate surface area is 207 Å². The molecule has 3 heterocycles. The van der Waals surface area contributed by atoms with Gasteiger partial charge >= 0.3 is 0 Å². The smallest absolute Gasteiger partial charge is 0.272 e. The first-order chi connectivity index (χ1) is 16.5. The second-order valence-electron chi connectivity index (χ2n) is 8.55. The Bertz CT molecular complexity index is 1530. The van der Waals surface area contributed by atoms with Crippen molar-refractivity contribution in [3.8, 4) is 0 Å². The third-order valence-electron chi connectivity index (χ3n) is 5.89. The van der Waals surface area contributed by atoms with Crippen LogP contribution >= 0.6 is 23.1 Å². The molecule has 0 fully saturated rings. The molecule has 0 N–H and O–H groups in total. The van der Waals surface area contributed by atoms with E-state index in [9.17, 15) is 4.79 Å². The third kappa shape index (κ3) is 4.43. The van der Waals surface area contributed by atoms with Crippen molar-refractivity contribution < 1.29 is 0 Å². The molecule has 0 bridgehead atoms. The lowest BCUT2D eigenvalue weighted by molar-refractivity contribution is 0.659. The number of rotatable bonds is 7. The van der Waals surface area contributed by atoms with E-state index in [1.807, 2.05) is 22.8 Å². The molecule has 5 aromatic rings. The second kappa shape index (κ2) is 9.57. The van der Waals surface area contributed by atoms with Crippen LogP contribution in [0.4, 0.5) is 0 Å². The Morgan fingerprint density at radius 2 is 1.79 bits per heavy atom. The normalized spacial score (nSPS) is 11.5. The van der Waals surface area contributed by atoms with Crippen molar-refractivity contribution in [1.82, 2.24) is 14.5 Å². The van der Waals surface area contributed by atoms with Gasteiger partial charge in [-0.2, -0.15) is 0 Å². The molecular weight excluding hydrogens is 458 g/mol. The SMILES string of the molecule is C=Cc1ccc(CSc2nc3c(sc4ncccc43)c(=O)n2Cc2ccc(C(C)C)cc2)cc1. The molecular formula is C28H25N3OS2. The molecule has 0 atom stereocenters. The highest BCUT2D eigenvalue weighted by molar-refractivity contribution is 7.98. The van der Waals surface area contributed by atoms with Crippen molar-refractivity contribution in [3.63, 3.8) is 0 Å². The average molecular weight is 484 g/mol. The number of benzene rings is 2. The minimum atomic E-state index is -0.00885. The number of nitrogens with zero attached hydrogens (tertiary/aromatic N) is 3. The molecule has 6 heteroatoms. The maximum Gasteiger partial charge on any atom is 0.272 e. The van der Waals surface area contributed by atoms with Crippen molar-refractivity contribution in [2.75, 3.05) is 0 Å². The van der Waals surface area contributed by atoms with E-state index < -0.39 is 0 Å². The van der Waals surface area contributed by atoms with Crippen LogP contribution in [-0.4, -0.2) is 14.5 Å². The van der Waals surface area contributed by atoms with Gasteiger partial charge < -0.3 is 0 Å². The van der Waals surface area contributed by atoms with Crippen molar-refractivity contribution in [2.24, 2.45) is 0 Å². The quantitative estimate of drug-likeness (QED) is 0.183. The number of hydrogen-bond donors (Lipinski definition) is 0. The fourth-order valence-corrected chi connectivity index (χ4v) is 5.86. The number of thioether (sulfide) groups is 1. The molecule has 0 unspecified atom stereocenters. The molecule has 170 valence electrons. The molecule has 5 rings (SSSR count). The molecule has 0 saturated carbocycles. The number of thiophene rings is 1. The fourth-order valence-electron chi connectivity index (χ4n) is 3.88. The van der Waals surface area contributed by atoms with Gasteiger partial charge in [0.2, 0.25) is 0 Å². The van der Waals surface area contributed by atoms with E-state index in [0.29, 0.717) is 17.2 Å². The van der Waals surface area contributed by atoms with Gasteiger partial charge in [-0.05, 0) is 40.3 Å². The van der Waals surface area contributed by atoms with Crippen molar-refractivity contribution in [2.45, 2.75) is 37.2 Å². The molecule has 0 saturated heterocycles. The summed E-state index contributed by atoms with van der Waals surface area (Å²) in [5.41, 5.74) is 5.38. The molecule has 0 aliphatic rings. The van der Waals surface area contributed by atoms with E-state index in [1.54, 1.807) is 18.0 Å². The Morgan fingerprint density at radius 1 is 1.06 bits per heavy atom. The van der Waals surface area contributed by atoms with Gasteiger partial charge in [0.05, 0.1) is 12.1 Å². The van der Waals surface area contributed by atoms with Crippen LogP contribution in [0, 0.1) is 0 Å². The summed E-state index contributed by atoms with van der Waals surface area (Å²) in [5.74, 6) is 1.20. The first-order valence-corrected chi connectivity index (χ1v) is 13.0. The minimum absolute atomic E-state index is 0.00885. The highest BCUT2D eigenvalue weighted by Gasteiger charge is 2.17.